The van der Waals surface area contributed by atoms with Gasteiger partial charge in [-0.05, 0) is 33.8 Å². The highest BCUT2D eigenvalue weighted by atomic mass is 16.7. The van der Waals surface area contributed by atoms with E-state index in [-0.39, 0.29) is 18.3 Å². The molecule has 0 N–H and O–H groups in total. The van der Waals surface area contributed by atoms with E-state index in [4.69, 9.17) is 14.0 Å². The van der Waals surface area contributed by atoms with Gasteiger partial charge in [-0.1, -0.05) is 6.07 Å². The maximum absolute atomic E-state index is 6.10. The van der Waals surface area contributed by atoms with E-state index in [1.807, 2.05) is 6.20 Å². The molecule has 3 saturated heterocycles. The summed E-state index contributed by atoms with van der Waals surface area (Å²) >= 11 is 0. The lowest BCUT2D eigenvalue weighted by Gasteiger charge is -2.42. The van der Waals surface area contributed by atoms with Crippen molar-refractivity contribution in [2.45, 2.75) is 44.9 Å². The van der Waals surface area contributed by atoms with Crippen molar-refractivity contribution in [3.63, 3.8) is 0 Å². The third kappa shape index (κ3) is 3.19. The minimum absolute atomic E-state index is 0.322. The number of aromatic nitrogens is 1. The third-order valence-electron chi connectivity index (χ3n) is 6.07. The molecule has 0 amide bonds. The number of anilines is 1. The lowest BCUT2D eigenvalue weighted by molar-refractivity contribution is -0.0660. The summed E-state index contributed by atoms with van der Waals surface area (Å²) < 4.78 is 17.5. The summed E-state index contributed by atoms with van der Waals surface area (Å²) in [7, 11) is -0.345. The molecule has 0 spiro atoms. The van der Waals surface area contributed by atoms with Gasteiger partial charge in [0.05, 0.1) is 30.5 Å². The fourth-order valence-corrected chi connectivity index (χ4v) is 3.45. The van der Waals surface area contributed by atoms with Gasteiger partial charge in [0.2, 0.25) is 0 Å². The van der Waals surface area contributed by atoms with Crippen LogP contribution in [-0.2, 0) is 14.0 Å². The summed E-state index contributed by atoms with van der Waals surface area (Å²) in [5.41, 5.74) is 0.336. The Kier molecular flexibility index (Phi) is 4.31. The molecule has 0 aliphatic carbocycles. The van der Waals surface area contributed by atoms with Crippen LogP contribution in [0.3, 0.4) is 0 Å². The Morgan fingerprint density at radius 2 is 1.64 bits per heavy atom. The number of pyridine rings is 1. The van der Waals surface area contributed by atoms with Crippen LogP contribution < -0.4 is 10.4 Å². The molecular weight excluding hydrogens is 317 g/mol. The first-order valence-corrected chi connectivity index (χ1v) is 9.24. The number of hydrogen-bond acceptors (Lipinski definition) is 6. The van der Waals surface area contributed by atoms with E-state index in [0.29, 0.717) is 6.04 Å². The van der Waals surface area contributed by atoms with E-state index in [2.05, 4.69) is 54.6 Å². The van der Waals surface area contributed by atoms with Crippen molar-refractivity contribution in [3.8, 4) is 0 Å². The van der Waals surface area contributed by atoms with Crippen molar-refractivity contribution in [2.75, 3.05) is 44.3 Å². The Labute approximate surface area is 150 Å². The van der Waals surface area contributed by atoms with Crippen LogP contribution in [0.15, 0.2) is 18.3 Å². The molecule has 0 bridgehead atoms. The van der Waals surface area contributed by atoms with E-state index < -0.39 is 0 Å². The van der Waals surface area contributed by atoms with Crippen LogP contribution in [0.5, 0.6) is 0 Å². The number of hydrogen-bond donors (Lipinski definition) is 0. The molecule has 3 fully saturated rings. The van der Waals surface area contributed by atoms with Gasteiger partial charge < -0.3 is 18.9 Å². The van der Waals surface area contributed by atoms with E-state index in [0.717, 1.165) is 50.7 Å². The zero-order chi connectivity index (χ0) is 17.7. The molecule has 1 aromatic rings. The Morgan fingerprint density at radius 1 is 1.00 bits per heavy atom. The molecule has 6 nitrogen and oxygen atoms in total. The molecule has 4 heterocycles. The molecule has 136 valence electrons. The maximum atomic E-state index is 6.10. The molecule has 0 saturated carbocycles. The smallest absolute Gasteiger partial charge is 0.399 e. The van der Waals surface area contributed by atoms with Gasteiger partial charge in [0, 0.05) is 37.8 Å². The molecule has 3 aliphatic rings. The van der Waals surface area contributed by atoms with E-state index in [1.165, 1.54) is 0 Å². The Hall–Kier alpha value is -1.15. The van der Waals surface area contributed by atoms with Gasteiger partial charge in [0.15, 0.2) is 0 Å². The fraction of sp³-hybridized carbons (Fsp3) is 0.722. The molecule has 4 rings (SSSR count). The first kappa shape index (κ1) is 17.3. The SMILES string of the molecule is CC1(C)OB(c2ccc(N3CCN(C4COC4)CC3)nc2)OC1(C)C. The molecule has 0 unspecified atom stereocenters. The van der Waals surface area contributed by atoms with Crippen molar-refractivity contribution in [2.24, 2.45) is 0 Å². The molecule has 25 heavy (non-hydrogen) atoms. The lowest BCUT2D eigenvalue weighted by atomic mass is 9.80. The highest BCUT2D eigenvalue weighted by Crippen LogP contribution is 2.36. The van der Waals surface area contributed by atoms with Crippen LogP contribution in [0.2, 0.25) is 0 Å². The molecule has 0 radical (unpaired) electrons. The highest BCUT2D eigenvalue weighted by molar-refractivity contribution is 6.62. The Morgan fingerprint density at radius 3 is 2.12 bits per heavy atom. The normalized spacial score (nSPS) is 26.7. The van der Waals surface area contributed by atoms with Crippen LogP contribution in [0.25, 0.3) is 0 Å². The van der Waals surface area contributed by atoms with Crippen LogP contribution in [-0.4, -0.2) is 73.6 Å². The number of piperazine rings is 1. The van der Waals surface area contributed by atoms with Crippen LogP contribution >= 0.6 is 0 Å². The zero-order valence-corrected chi connectivity index (χ0v) is 15.7. The van der Waals surface area contributed by atoms with E-state index in [1.54, 1.807) is 0 Å². The van der Waals surface area contributed by atoms with Gasteiger partial charge in [-0.15, -0.1) is 0 Å². The zero-order valence-electron chi connectivity index (χ0n) is 15.7. The second kappa shape index (κ2) is 6.23. The minimum Gasteiger partial charge on any atom is -0.399 e. The predicted octanol–water partition coefficient (Wildman–Crippen LogP) is 0.902. The second-order valence-corrected chi connectivity index (χ2v) is 8.25. The largest absolute Gasteiger partial charge is 0.496 e. The number of rotatable bonds is 3. The standard InChI is InChI=1S/C18H28BN3O3/c1-17(2)18(3,4)25-19(24-17)14-5-6-16(20-11-14)22-9-7-21(8-10-22)15-12-23-13-15/h5-6,11,15H,7-10,12-13H2,1-4H3. The molecule has 1 aromatic heterocycles. The summed E-state index contributed by atoms with van der Waals surface area (Å²) in [6, 6.07) is 4.79. The first-order chi connectivity index (χ1) is 11.9. The van der Waals surface area contributed by atoms with Gasteiger partial charge >= 0.3 is 7.12 Å². The molecule has 7 heteroatoms. The quantitative estimate of drug-likeness (QED) is 0.759. The minimum atomic E-state index is -0.345. The number of ether oxygens (including phenoxy) is 1. The van der Waals surface area contributed by atoms with Crippen LogP contribution in [0, 0.1) is 0 Å². The van der Waals surface area contributed by atoms with Crippen molar-refractivity contribution in [1.29, 1.82) is 0 Å². The molecule has 3 aliphatic heterocycles. The Balaban J connectivity index is 1.38. The topological polar surface area (TPSA) is 47.1 Å². The van der Waals surface area contributed by atoms with Gasteiger partial charge in [0.25, 0.3) is 0 Å². The van der Waals surface area contributed by atoms with Crippen molar-refractivity contribution >= 4 is 18.4 Å². The summed E-state index contributed by atoms with van der Waals surface area (Å²) in [6.07, 6.45) is 1.89. The highest BCUT2D eigenvalue weighted by Gasteiger charge is 2.51. The van der Waals surface area contributed by atoms with Crippen molar-refractivity contribution < 1.29 is 14.0 Å². The summed E-state index contributed by atoms with van der Waals surface area (Å²) in [5.74, 6) is 1.03. The average molecular weight is 345 g/mol. The van der Waals surface area contributed by atoms with Crippen molar-refractivity contribution in [3.05, 3.63) is 18.3 Å². The van der Waals surface area contributed by atoms with E-state index in [9.17, 15) is 0 Å². The van der Waals surface area contributed by atoms with E-state index >= 15 is 0 Å². The number of nitrogens with zero attached hydrogens (tertiary/aromatic N) is 3. The van der Waals surface area contributed by atoms with Crippen LogP contribution in [0.4, 0.5) is 5.82 Å². The summed E-state index contributed by atoms with van der Waals surface area (Å²) in [4.78, 5) is 9.55. The third-order valence-corrected chi connectivity index (χ3v) is 6.07. The second-order valence-electron chi connectivity index (χ2n) is 8.25. The van der Waals surface area contributed by atoms with Crippen LogP contribution in [0.1, 0.15) is 27.7 Å². The average Bonchev–Trinajstić information content (AvgIpc) is 2.75. The van der Waals surface area contributed by atoms with Gasteiger partial charge in [-0.3, -0.25) is 4.90 Å². The van der Waals surface area contributed by atoms with Gasteiger partial charge in [-0.25, -0.2) is 4.98 Å². The van der Waals surface area contributed by atoms with Gasteiger partial charge in [0.1, 0.15) is 5.82 Å². The molecular formula is C18H28BN3O3. The fourth-order valence-electron chi connectivity index (χ4n) is 3.45. The monoisotopic (exact) mass is 345 g/mol. The summed E-state index contributed by atoms with van der Waals surface area (Å²) in [5, 5.41) is 0. The van der Waals surface area contributed by atoms with Crippen molar-refractivity contribution in [1.82, 2.24) is 9.88 Å². The molecule has 0 aromatic carbocycles. The maximum Gasteiger partial charge on any atom is 0.496 e. The van der Waals surface area contributed by atoms with Gasteiger partial charge in [-0.2, -0.15) is 0 Å². The lowest BCUT2D eigenvalue weighted by Crippen LogP contribution is -2.56. The first-order valence-electron chi connectivity index (χ1n) is 9.24. The molecule has 0 atom stereocenters. The summed E-state index contributed by atoms with van der Waals surface area (Å²) in [6.45, 7) is 14.2. The predicted molar refractivity (Wildman–Crippen MR) is 98.3 cm³/mol. The Bertz CT molecular complexity index is 594.